The summed E-state index contributed by atoms with van der Waals surface area (Å²) in [5, 5.41) is 3.91. The van der Waals surface area contributed by atoms with Gasteiger partial charge < -0.3 is 5.32 Å². The van der Waals surface area contributed by atoms with Crippen LogP contribution >= 0.6 is 11.6 Å². The van der Waals surface area contributed by atoms with Gasteiger partial charge in [0, 0.05) is 5.54 Å². The van der Waals surface area contributed by atoms with Crippen LogP contribution in [-0.4, -0.2) is 44.9 Å². The van der Waals surface area contributed by atoms with Gasteiger partial charge in [-0.2, -0.15) is 0 Å². The lowest BCUT2D eigenvalue weighted by molar-refractivity contribution is -0.00152. The molecule has 6 rings (SSSR count). The molecule has 120 valence electrons. The Morgan fingerprint density at radius 2 is 2.09 bits per heavy atom. The van der Waals surface area contributed by atoms with Gasteiger partial charge in [-0.25, -0.2) is 4.98 Å². The molecule has 4 aliphatic rings. The molecule has 5 heterocycles. The van der Waals surface area contributed by atoms with Crippen molar-refractivity contribution in [3.8, 4) is 0 Å². The Labute approximate surface area is 139 Å². The van der Waals surface area contributed by atoms with E-state index in [1.165, 1.54) is 38.8 Å². The van der Waals surface area contributed by atoms with Crippen LogP contribution in [0.15, 0.2) is 24.5 Å². The zero-order valence-electron chi connectivity index (χ0n) is 12.8. The molecule has 0 unspecified atom stereocenters. The average Bonchev–Trinajstić information content (AvgIpc) is 3.28. The third-order valence-electron chi connectivity index (χ3n) is 6.00. The Morgan fingerprint density at radius 1 is 1.30 bits per heavy atom. The number of rotatable bonds is 2. The lowest BCUT2D eigenvalue weighted by atomic mass is 9.77. The van der Waals surface area contributed by atoms with Gasteiger partial charge in [0.25, 0.3) is 5.91 Å². The fraction of sp³-hybridized carbons (Fsp3) is 0.529. The molecule has 2 bridgehead atoms. The van der Waals surface area contributed by atoms with Crippen molar-refractivity contribution in [2.45, 2.75) is 37.3 Å². The SMILES string of the molecule is O=C(N[C@@H]1C2CCN(CC2)C12CC2)c1cc2ccc(Cl)n2cn1. The van der Waals surface area contributed by atoms with Gasteiger partial charge in [0.1, 0.15) is 17.2 Å². The molecule has 3 saturated heterocycles. The summed E-state index contributed by atoms with van der Waals surface area (Å²) in [5.41, 5.74) is 1.61. The van der Waals surface area contributed by atoms with Crippen LogP contribution in [0.4, 0.5) is 0 Å². The molecule has 5 nitrogen and oxygen atoms in total. The zero-order chi connectivity index (χ0) is 15.6. The molecular weight excluding hydrogens is 312 g/mol. The van der Waals surface area contributed by atoms with E-state index in [1.807, 2.05) is 18.2 Å². The van der Waals surface area contributed by atoms with Crippen molar-refractivity contribution in [3.63, 3.8) is 0 Å². The smallest absolute Gasteiger partial charge is 0.270 e. The van der Waals surface area contributed by atoms with Gasteiger partial charge in [-0.3, -0.25) is 14.1 Å². The number of halogens is 1. The molecule has 1 saturated carbocycles. The molecular formula is C17H19ClN4O. The standard InChI is InChI=1S/C17H19ClN4O/c18-14-2-1-12-9-13(19-10-22(12)14)16(23)20-15-11-3-7-21(8-4-11)17(15)5-6-17/h1-2,9-11,15H,3-8H2,(H,20,23)/t15-/m1/s1. The van der Waals surface area contributed by atoms with Crippen LogP contribution in [0, 0.1) is 5.92 Å². The molecule has 23 heavy (non-hydrogen) atoms. The van der Waals surface area contributed by atoms with Crippen molar-refractivity contribution in [1.82, 2.24) is 19.6 Å². The number of aromatic nitrogens is 2. The van der Waals surface area contributed by atoms with Crippen LogP contribution in [0.2, 0.25) is 5.15 Å². The van der Waals surface area contributed by atoms with Crippen LogP contribution < -0.4 is 5.32 Å². The third kappa shape index (κ3) is 1.96. The Balaban J connectivity index is 1.42. The summed E-state index contributed by atoms with van der Waals surface area (Å²) < 4.78 is 1.77. The van der Waals surface area contributed by atoms with Crippen LogP contribution in [0.3, 0.4) is 0 Å². The Bertz CT molecular complexity index is 789. The third-order valence-corrected chi connectivity index (χ3v) is 6.31. The Hall–Kier alpha value is -1.59. The number of carbonyl (C=O) groups excluding carboxylic acids is 1. The molecule has 0 radical (unpaired) electrons. The van der Waals surface area contributed by atoms with E-state index in [9.17, 15) is 4.79 Å². The summed E-state index contributed by atoms with van der Waals surface area (Å²) in [6.07, 6.45) is 6.46. The van der Waals surface area contributed by atoms with E-state index in [0.29, 0.717) is 16.8 Å². The number of piperidine rings is 3. The van der Waals surface area contributed by atoms with Crippen LogP contribution in [0.1, 0.15) is 36.2 Å². The topological polar surface area (TPSA) is 49.6 Å². The first-order valence-electron chi connectivity index (χ1n) is 8.36. The molecule has 2 aromatic rings. The highest BCUT2D eigenvalue weighted by atomic mass is 35.5. The second-order valence-electron chi connectivity index (χ2n) is 7.10. The van der Waals surface area contributed by atoms with Crippen LogP contribution in [0.25, 0.3) is 5.52 Å². The molecule has 6 heteroatoms. The summed E-state index contributed by atoms with van der Waals surface area (Å²) in [4.78, 5) is 19.6. The van der Waals surface area contributed by atoms with E-state index in [1.54, 1.807) is 10.7 Å². The monoisotopic (exact) mass is 330 g/mol. The summed E-state index contributed by atoms with van der Waals surface area (Å²) in [6, 6.07) is 5.80. The van der Waals surface area contributed by atoms with E-state index >= 15 is 0 Å². The fourth-order valence-corrected chi connectivity index (χ4v) is 4.84. The van der Waals surface area contributed by atoms with Gasteiger partial charge in [0.05, 0.1) is 11.6 Å². The first-order chi connectivity index (χ1) is 11.2. The van der Waals surface area contributed by atoms with Crippen LogP contribution in [0.5, 0.6) is 0 Å². The molecule has 4 fully saturated rings. The van der Waals surface area contributed by atoms with Crippen LogP contribution in [-0.2, 0) is 0 Å². The summed E-state index contributed by atoms with van der Waals surface area (Å²) >= 11 is 6.07. The van der Waals surface area contributed by atoms with E-state index in [4.69, 9.17) is 11.6 Å². The lowest BCUT2D eigenvalue weighted by Crippen LogP contribution is -2.65. The number of nitrogens with one attached hydrogen (secondary N) is 1. The number of carbonyl (C=O) groups is 1. The first kappa shape index (κ1) is 13.8. The molecule has 0 aromatic carbocycles. The highest BCUT2D eigenvalue weighted by Gasteiger charge is 2.60. The van der Waals surface area contributed by atoms with Crippen molar-refractivity contribution in [1.29, 1.82) is 0 Å². The van der Waals surface area contributed by atoms with Crippen molar-refractivity contribution < 1.29 is 4.79 Å². The van der Waals surface area contributed by atoms with Crippen molar-refractivity contribution in [2.24, 2.45) is 5.92 Å². The maximum atomic E-state index is 12.7. The number of amides is 1. The van der Waals surface area contributed by atoms with Crippen molar-refractivity contribution in [2.75, 3.05) is 13.1 Å². The van der Waals surface area contributed by atoms with E-state index in [2.05, 4.69) is 15.2 Å². The minimum Gasteiger partial charge on any atom is -0.346 e. The summed E-state index contributed by atoms with van der Waals surface area (Å²) in [5.74, 6) is 0.563. The van der Waals surface area contributed by atoms with E-state index in [0.717, 1.165) is 5.52 Å². The van der Waals surface area contributed by atoms with Gasteiger partial charge in [0.15, 0.2) is 0 Å². The molecule has 3 aliphatic heterocycles. The maximum Gasteiger partial charge on any atom is 0.270 e. The number of hydrogen-bond acceptors (Lipinski definition) is 3. The summed E-state index contributed by atoms with van der Waals surface area (Å²) in [7, 11) is 0. The average molecular weight is 331 g/mol. The Morgan fingerprint density at radius 3 is 2.83 bits per heavy atom. The molecule has 1 spiro atoms. The molecule has 1 aliphatic carbocycles. The van der Waals surface area contributed by atoms with Gasteiger partial charge in [0.2, 0.25) is 0 Å². The number of nitrogens with zero attached hydrogens (tertiary/aromatic N) is 3. The number of hydrogen-bond donors (Lipinski definition) is 1. The van der Waals surface area contributed by atoms with Gasteiger partial charge in [-0.1, -0.05) is 11.6 Å². The maximum absolute atomic E-state index is 12.7. The zero-order valence-corrected chi connectivity index (χ0v) is 13.6. The van der Waals surface area contributed by atoms with E-state index < -0.39 is 0 Å². The predicted octanol–water partition coefficient (Wildman–Crippen LogP) is 2.34. The summed E-state index contributed by atoms with van der Waals surface area (Å²) in [6.45, 7) is 2.40. The molecule has 1 amide bonds. The fourth-order valence-electron chi connectivity index (χ4n) is 4.64. The predicted molar refractivity (Wildman–Crippen MR) is 87.7 cm³/mol. The highest BCUT2D eigenvalue weighted by Crippen LogP contribution is 2.53. The second kappa shape index (κ2) is 4.71. The van der Waals surface area contributed by atoms with Gasteiger partial charge in [-0.15, -0.1) is 0 Å². The Kier molecular flexibility index (Phi) is 2.83. The van der Waals surface area contributed by atoms with Gasteiger partial charge in [-0.05, 0) is 62.9 Å². The van der Waals surface area contributed by atoms with Crippen molar-refractivity contribution in [3.05, 3.63) is 35.4 Å². The highest BCUT2D eigenvalue weighted by molar-refractivity contribution is 6.30. The largest absolute Gasteiger partial charge is 0.346 e. The lowest BCUT2D eigenvalue weighted by Gasteiger charge is -2.52. The normalized spacial score (nSPS) is 30.7. The van der Waals surface area contributed by atoms with E-state index in [-0.39, 0.29) is 17.5 Å². The molecule has 1 atom stereocenters. The molecule has 1 N–H and O–H groups in total. The van der Waals surface area contributed by atoms with Crippen molar-refractivity contribution >= 4 is 23.0 Å². The quantitative estimate of drug-likeness (QED) is 0.919. The number of fused-ring (bicyclic) bond motifs is 3. The first-order valence-corrected chi connectivity index (χ1v) is 8.74. The molecule has 2 aromatic heterocycles. The minimum absolute atomic E-state index is 0.0603. The van der Waals surface area contributed by atoms with Gasteiger partial charge >= 0.3 is 0 Å². The minimum atomic E-state index is -0.0603. The second-order valence-corrected chi connectivity index (χ2v) is 7.49.